The summed E-state index contributed by atoms with van der Waals surface area (Å²) in [7, 11) is 0. The van der Waals surface area contributed by atoms with Gasteiger partial charge in [0.1, 0.15) is 6.54 Å². The molecule has 0 aliphatic rings. The Kier molecular flexibility index (Phi) is 3.03. The van der Waals surface area contributed by atoms with E-state index in [-0.39, 0.29) is 5.82 Å². The zero-order chi connectivity index (χ0) is 9.68. The van der Waals surface area contributed by atoms with Crippen molar-refractivity contribution in [2.45, 2.75) is 19.9 Å². The number of hydrogen-bond acceptors (Lipinski definition) is 3. The van der Waals surface area contributed by atoms with Crippen LogP contribution in [0.15, 0.2) is 12.3 Å². The lowest BCUT2D eigenvalue weighted by Crippen LogP contribution is -2.03. The first-order chi connectivity index (χ1) is 6.25. The number of nitrogens with zero attached hydrogens (tertiary/aromatic N) is 3. The second-order valence-corrected chi connectivity index (χ2v) is 2.35. The standard InChI is InChI=1S/C8H9N3O2/c1-2-3-4-7-10-8(11(12)13)5-6-9-10/h5-6H,4,7H2,1H3. The monoisotopic (exact) mass is 179 g/mol. The lowest BCUT2D eigenvalue weighted by Gasteiger charge is -1.95. The van der Waals surface area contributed by atoms with E-state index in [0.29, 0.717) is 13.0 Å². The van der Waals surface area contributed by atoms with Crippen LogP contribution in [0.4, 0.5) is 5.82 Å². The van der Waals surface area contributed by atoms with Crippen LogP contribution in [0, 0.1) is 22.0 Å². The first-order valence-corrected chi connectivity index (χ1v) is 3.81. The van der Waals surface area contributed by atoms with Gasteiger partial charge >= 0.3 is 5.82 Å². The van der Waals surface area contributed by atoms with Gasteiger partial charge in [-0.15, -0.1) is 10.6 Å². The molecule has 1 rings (SSSR count). The normalized spacial score (nSPS) is 9.00. The van der Waals surface area contributed by atoms with E-state index in [0.717, 1.165) is 0 Å². The van der Waals surface area contributed by atoms with Gasteiger partial charge in [0.15, 0.2) is 0 Å². The number of hydrogen-bond donors (Lipinski definition) is 0. The minimum Gasteiger partial charge on any atom is -0.358 e. The summed E-state index contributed by atoms with van der Waals surface area (Å²) >= 11 is 0. The first kappa shape index (κ1) is 9.26. The molecule has 0 atom stereocenters. The highest BCUT2D eigenvalue weighted by Gasteiger charge is 2.11. The van der Waals surface area contributed by atoms with E-state index in [9.17, 15) is 10.1 Å². The lowest BCUT2D eigenvalue weighted by atomic mass is 10.4. The highest BCUT2D eigenvalue weighted by Crippen LogP contribution is 2.08. The van der Waals surface area contributed by atoms with Crippen molar-refractivity contribution >= 4 is 5.82 Å². The fourth-order valence-corrected chi connectivity index (χ4v) is 0.940. The molecule has 0 bridgehead atoms. The molecule has 68 valence electrons. The van der Waals surface area contributed by atoms with E-state index in [1.165, 1.54) is 16.9 Å². The molecule has 1 aromatic rings. The van der Waals surface area contributed by atoms with E-state index in [1.54, 1.807) is 6.92 Å². The Balaban J connectivity index is 2.69. The van der Waals surface area contributed by atoms with Crippen molar-refractivity contribution in [3.63, 3.8) is 0 Å². The van der Waals surface area contributed by atoms with Crippen LogP contribution in [-0.2, 0) is 6.54 Å². The predicted octanol–water partition coefficient (Wildman–Crippen LogP) is 1.20. The Labute approximate surface area is 75.5 Å². The molecular formula is C8H9N3O2. The lowest BCUT2D eigenvalue weighted by molar-refractivity contribution is -0.392. The summed E-state index contributed by atoms with van der Waals surface area (Å²) in [6, 6.07) is 1.37. The van der Waals surface area contributed by atoms with Crippen molar-refractivity contribution in [1.82, 2.24) is 9.78 Å². The van der Waals surface area contributed by atoms with Crippen LogP contribution >= 0.6 is 0 Å². The third kappa shape index (κ3) is 2.30. The molecule has 0 N–H and O–H groups in total. The fourth-order valence-electron chi connectivity index (χ4n) is 0.940. The van der Waals surface area contributed by atoms with Crippen molar-refractivity contribution in [3.8, 4) is 11.8 Å². The molecule has 13 heavy (non-hydrogen) atoms. The van der Waals surface area contributed by atoms with Crippen molar-refractivity contribution < 1.29 is 4.92 Å². The Morgan fingerprint density at radius 2 is 2.54 bits per heavy atom. The molecule has 5 nitrogen and oxygen atoms in total. The largest absolute Gasteiger partial charge is 0.358 e. The van der Waals surface area contributed by atoms with E-state index < -0.39 is 4.92 Å². The second-order valence-electron chi connectivity index (χ2n) is 2.35. The van der Waals surface area contributed by atoms with E-state index in [2.05, 4.69) is 16.9 Å². The Morgan fingerprint density at radius 3 is 3.15 bits per heavy atom. The summed E-state index contributed by atoms with van der Waals surface area (Å²) in [6.07, 6.45) is 2.00. The molecule has 5 heteroatoms. The minimum absolute atomic E-state index is 0.0119. The Hall–Kier alpha value is -1.83. The molecule has 0 aliphatic carbocycles. The summed E-state index contributed by atoms with van der Waals surface area (Å²) in [5.74, 6) is 5.55. The van der Waals surface area contributed by atoms with E-state index >= 15 is 0 Å². The Bertz CT molecular complexity index is 359. The first-order valence-electron chi connectivity index (χ1n) is 3.81. The predicted molar refractivity (Wildman–Crippen MR) is 46.9 cm³/mol. The van der Waals surface area contributed by atoms with E-state index in [1.807, 2.05) is 0 Å². The third-order valence-electron chi connectivity index (χ3n) is 1.51. The van der Waals surface area contributed by atoms with Gasteiger partial charge in [-0.05, 0) is 11.8 Å². The van der Waals surface area contributed by atoms with Gasteiger partial charge in [-0.2, -0.15) is 0 Å². The van der Waals surface area contributed by atoms with Gasteiger partial charge in [0.05, 0.1) is 12.3 Å². The van der Waals surface area contributed by atoms with Crippen LogP contribution in [0.1, 0.15) is 13.3 Å². The molecule has 0 amide bonds. The number of nitro groups is 1. The summed E-state index contributed by atoms with van der Waals surface area (Å²) in [4.78, 5) is 9.97. The number of rotatable bonds is 3. The van der Waals surface area contributed by atoms with Gasteiger partial charge in [-0.3, -0.25) is 0 Å². The zero-order valence-corrected chi connectivity index (χ0v) is 7.23. The molecule has 0 unspecified atom stereocenters. The van der Waals surface area contributed by atoms with Crippen molar-refractivity contribution in [1.29, 1.82) is 0 Å². The van der Waals surface area contributed by atoms with Crippen LogP contribution in [0.5, 0.6) is 0 Å². The fraction of sp³-hybridized carbons (Fsp3) is 0.375. The highest BCUT2D eigenvalue weighted by atomic mass is 16.6. The van der Waals surface area contributed by atoms with Gasteiger partial charge in [0.25, 0.3) is 0 Å². The van der Waals surface area contributed by atoms with Crippen LogP contribution in [-0.4, -0.2) is 14.7 Å². The SMILES string of the molecule is CC#CCCn1nccc1[N+](=O)[O-]. The summed E-state index contributed by atoms with van der Waals surface area (Å²) in [6.45, 7) is 2.20. The molecule has 0 radical (unpaired) electrons. The average molecular weight is 179 g/mol. The highest BCUT2D eigenvalue weighted by molar-refractivity contribution is 5.16. The number of aromatic nitrogens is 2. The molecule has 0 aromatic carbocycles. The second kappa shape index (κ2) is 4.26. The maximum atomic E-state index is 10.4. The smallest absolute Gasteiger partial charge is 0.344 e. The molecule has 0 saturated carbocycles. The van der Waals surface area contributed by atoms with Crippen molar-refractivity contribution in [2.24, 2.45) is 0 Å². The van der Waals surface area contributed by atoms with Crippen LogP contribution in [0.2, 0.25) is 0 Å². The molecule has 0 fully saturated rings. The average Bonchev–Trinajstić information content (AvgIpc) is 2.53. The van der Waals surface area contributed by atoms with Gasteiger partial charge < -0.3 is 10.1 Å². The van der Waals surface area contributed by atoms with Gasteiger partial charge in [0.2, 0.25) is 0 Å². The maximum Gasteiger partial charge on any atom is 0.344 e. The van der Waals surface area contributed by atoms with Crippen molar-refractivity contribution in [3.05, 3.63) is 22.4 Å². The topological polar surface area (TPSA) is 61.0 Å². The quantitative estimate of drug-likeness (QED) is 0.398. The minimum atomic E-state index is -0.452. The maximum absolute atomic E-state index is 10.4. The summed E-state index contributed by atoms with van der Waals surface area (Å²) in [5, 5.41) is 14.2. The van der Waals surface area contributed by atoms with Gasteiger partial charge in [-0.1, -0.05) is 11.0 Å². The summed E-state index contributed by atoms with van der Waals surface area (Å²) in [5.41, 5.74) is 0. The van der Waals surface area contributed by atoms with E-state index in [4.69, 9.17) is 0 Å². The Morgan fingerprint density at radius 1 is 1.77 bits per heavy atom. The third-order valence-corrected chi connectivity index (χ3v) is 1.51. The molecular weight excluding hydrogens is 170 g/mol. The van der Waals surface area contributed by atoms with Crippen LogP contribution in [0.3, 0.4) is 0 Å². The summed E-state index contributed by atoms with van der Waals surface area (Å²) < 4.78 is 1.34. The number of aryl methyl sites for hydroxylation is 1. The molecule has 0 aliphatic heterocycles. The van der Waals surface area contributed by atoms with Crippen LogP contribution in [0.25, 0.3) is 0 Å². The molecule has 0 spiro atoms. The van der Waals surface area contributed by atoms with Crippen LogP contribution < -0.4 is 0 Å². The molecule has 0 saturated heterocycles. The zero-order valence-electron chi connectivity index (χ0n) is 7.23. The van der Waals surface area contributed by atoms with Gasteiger partial charge in [-0.25, -0.2) is 0 Å². The van der Waals surface area contributed by atoms with Gasteiger partial charge in [0, 0.05) is 6.42 Å². The van der Waals surface area contributed by atoms with Crippen molar-refractivity contribution in [2.75, 3.05) is 0 Å². The molecule has 1 aromatic heterocycles. The molecule has 1 heterocycles.